The monoisotopic (exact) mass is 618 g/mol. The molecular formula is C29H33F3N6O4S. The molecule has 3 aromatic heterocycles. The van der Waals surface area contributed by atoms with Gasteiger partial charge in [0.1, 0.15) is 27.7 Å². The van der Waals surface area contributed by atoms with Crippen LogP contribution in [-0.2, 0) is 0 Å². The predicted octanol–water partition coefficient (Wildman–Crippen LogP) is 5.05. The summed E-state index contributed by atoms with van der Waals surface area (Å²) in [6, 6.07) is 6.42. The topological polar surface area (TPSA) is 146 Å². The quantitative estimate of drug-likeness (QED) is 0.182. The molecule has 0 aliphatic heterocycles. The molecule has 5 atom stereocenters. The molecule has 0 radical (unpaired) electrons. The normalized spacial score (nSPS) is 23.0. The van der Waals surface area contributed by atoms with E-state index in [9.17, 15) is 28.5 Å². The van der Waals surface area contributed by atoms with E-state index in [1.165, 1.54) is 42.5 Å². The van der Waals surface area contributed by atoms with E-state index in [0.717, 1.165) is 21.6 Å². The number of hydrogen-bond donors (Lipinski definition) is 5. The molecule has 230 valence electrons. The van der Waals surface area contributed by atoms with Crippen LogP contribution in [0.15, 0.2) is 30.3 Å². The molecule has 3 heterocycles. The van der Waals surface area contributed by atoms with Crippen molar-refractivity contribution in [2.24, 2.45) is 5.92 Å². The maximum absolute atomic E-state index is 12.6. The Labute approximate surface area is 250 Å². The minimum Gasteiger partial charge on any atom is -0.406 e. The molecule has 0 spiro atoms. The van der Waals surface area contributed by atoms with Crippen LogP contribution in [0.2, 0.25) is 0 Å². The van der Waals surface area contributed by atoms with Gasteiger partial charge in [0.15, 0.2) is 0 Å². The first-order valence-electron chi connectivity index (χ1n) is 13.7. The van der Waals surface area contributed by atoms with Crippen molar-refractivity contribution < 1.29 is 33.2 Å². The standard InChI is InChI=1S/C29H33F3N6O4S/c1-13-10-20-23(16(4)33-13)37-26(43-20)22-15(3)35-27(34-14(2)17-6-8-19(9-7-17)42-29(30,31)32)38-25(22)36-21-11-18(12-39)24(40)28(21,5)41/h6-10,14,18,21,24,39-41H,11-12H2,1-5H3,(H2,34,35,36,38)/t14-,18-,21-,24-,28+/m1/s1. The highest BCUT2D eigenvalue weighted by molar-refractivity contribution is 7.21. The molecule has 5 rings (SSSR count). The zero-order valence-electron chi connectivity index (χ0n) is 24.2. The first-order valence-corrected chi connectivity index (χ1v) is 14.5. The molecule has 10 nitrogen and oxygen atoms in total. The second-order valence-electron chi connectivity index (χ2n) is 11.1. The zero-order chi connectivity index (χ0) is 31.3. The van der Waals surface area contributed by atoms with E-state index in [0.29, 0.717) is 34.1 Å². The van der Waals surface area contributed by atoms with Gasteiger partial charge in [-0.05, 0) is 64.8 Å². The van der Waals surface area contributed by atoms with Crippen molar-refractivity contribution in [2.75, 3.05) is 17.2 Å². The zero-order valence-corrected chi connectivity index (χ0v) is 25.0. The Balaban J connectivity index is 1.52. The van der Waals surface area contributed by atoms with Crippen LogP contribution in [0.25, 0.3) is 20.8 Å². The summed E-state index contributed by atoms with van der Waals surface area (Å²) < 4.78 is 42.6. The second kappa shape index (κ2) is 11.5. The molecule has 0 saturated heterocycles. The highest BCUT2D eigenvalue weighted by Gasteiger charge is 2.50. The van der Waals surface area contributed by atoms with Gasteiger partial charge in [0.25, 0.3) is 0 Å². The number of rotatable bonds is 8. The molecule has 1 aliphatic carbocycles. The summed E-state index contributed by atoms with van der Waals surface area (Å²) in [5.41, 5.74) is 2.72. The van der Waals surface area contributed by atoms with Crippen LogP contribution >= 0.6 is 11.3 Å². The number of ether oxygens (including phenoxy) is 1. The highest BCUT2D eigenvalue weighted by atomic mass is 32.1. The number of hydrogen-bond acceptors (Lipinski definition) is 11. The largest absolute Gasteiger partial charge is 0.573 e. The summed E-state index contributed by atoms with van der Waals surface area (Å²) in [5.74, 6) is -0.248. The van der Waals surface area contributed by atoms with E-state index >= 15 is 0 Å². The Kier molecular flexibility index (Phi) is 8.24. The summed E-state index contributed by atoms with van der Waals surface area (Å²) in [7, 11) is 0. The second-order valence-corrected chi connectivity index (χ2v) is 12.1. The molecule has 14 heteroatoms. The first kappa shape index (κ1) is 30.9. The van der Waals surface area contributed by atoms with Gasteiger partial charge in [-0.25, -0.2) is 9.97 Å². The number of fused-ring (bicyclic) bond motifs is 1. The van der Waals surface area contributed by atoms with Crippen LogP contribution in [0, 0.1) is 26.7 Å². The predicted molar refractivity (Wildman–Crippen MR) is 157 cm³/mol. The van der Waals surface area contributed by atoms with E-state index in [1.54, 1.807) is 0 Å². The summed E-state index contributed by atoms with van der Waals surface area (Å²) >= 11 is 1.46. The molecule has 1 aromatic carbocycles. The highest BCUT2D eigenvalue weighted by Crippen LogP contribution is 2.41. The smallest absolute Gasteiger partial charge is 0.406 e. The fourth-order valence-corrected chi connectivity index (χ4v) is 6.68. The first-order chi connectivity index (χ1) is 20.2. The van der Waals surface area contributed by atoms with Gasteiger partial charge in [-0.2, -0.15) is 4.98 Å². The SMILES string of the molecule is Cc1cc2sc(-c3c(C)nc(N[C@H](C)c4ccc(OC(F)(F)F)cc4)nc3N[C@@H]3C[C@H](CO)[C@@H](O)[C@@]3(C)O)nc2c(C)n1. The summed E-state index contributed by atoms with van der Waals surface area (Å²) in [4.78, 5) is 18.8. The van der Waals surface area contributed by atoms with Gasteiger partial charge in [-0.3, -0.25) is 4.98 Å². The van der Waals surface area contributed by atoms with Gasteiger partial charge in [-0.15, -0.1) is 24.5 Å². The van der Waals surface area contributed by atoms with Gasteiger partial charge in [0.2, 0.25) is 5.95 Å². The Morgan fingerprint density at radius 1 is 1.09 bits per heavy atom. The molecule has 0 unspecified atom stereocenters. The van der Waals surface area contributed by atoms with Crippen molar-refractivity contribution in [3.63, 3.8) is 0 Å². The molecular weight excluding hydrogens is 585 g/mol. The number of nitrogens with one attached hydrogen (secondary N) is 2. The van der Waals surface area contributed by atoms with Gasteiger partial charge in [0, 0.05) is 18.2 Å². The van der Waals surface area contributed by atoms with Crippen LogP contribution in [0.1, 0.15) is 49.0 Å². The lowest BCUT2D eigenvalue weighted by molar-refractivity contribution is -0.274. The van der Waals surface area contributed by atoms with E-state index in [1.807, 2.05) is 33.8 Å². The fourth-order valence-electron chi connectivity index (χ4n) is 5.47. The molecule has 4 aromatic rings. The molecule has 43 heavy (non-hydrogen) atoms. The van der Waals surface area contributed by atoms with Gasteiger partial charge >= 0.3 is 6.36 Å². The summed E-state index contributed by atoms with van der Waals surface area (Å²) in [6.45, 7) is 8.66. The van der Waals surface area contributed by atoms with Crippen molar-refractivity contribution in [3.8, 4) is 16.3 Å². The number of nitrogens with zero attached hydrogens (tertiary/aromatic N) is 4. The third kappa shape index (κ3) is 6.37. The number of anilines is 2. The molecule has 0 amide bonds. The van der Waals surface area contributed by atoms with Crippen molar-refractivity contribution in [2.45, 2.75) is 71.2 Å². The third-order valence-electron chi connectivity index (χ3n) is 7.78. The van der Waals surface area contributed by atoms with E-state index in [-0.39, 0.29) is 18.3 Å². The Bertz CT molecular complexity index is 1630. The lowest BCUT2D eigenvalue weighted by atomic mass is 9.96. The van der Waals surface area contributed by atoms with Crippen LogP contribution in [0.5, 0.6) is 5.75 Å². The number of aryl methyl sites for hydroxylation is 3. The lowest BCUT2D eigenvalue weighted by Gasteiger charge is -2.30. The summed E-state index contributed by atoms with van der Waals surface area (Å²) in [6.07, 6.45) is -5.64. The van der Waals surface area contributed by atoms with Crippen molar-refractivity contribution >= 4 is 33.3 Å². The minimum atomic E-state index is -4.78. The summed E-state index contributed by atoms with van der Waals surface area (Å²) in [5, 5.41) is 38.7. The van der Waals surface area contributed by atoms with Crippen molar-refractivity contribution in [1.82, 2.24) is 19.9 Å². The number of aliphatic hydroxyl groups is 3. The average molecular weight is 619 g/mol. The third-order valence-corrected chi connectivity index (χ3v) is 8.80. The fraction of sp³-hybridized carbons (Fsp3) is 0.448. The van der Waals surface area contributed by atoms with Crippen molar-refractivity contribution in [3.05, 3.63) is 53.0 Å². The maximum Gasteiger partial charge on any atom is 0.573 e. The van der Waals surface area contributed by atoms with E-state index < -0.39 is 36.1 Å². The van der Waals surface area contributed by atoms with Crippen LogP contribution in [0.4, 0.5) is 24.9 Å². The van der Waals surface area contributed by atoms with Crippen LogP contribution in [-0.4, -0.2) is 66.0 Å². The molecule has 5 N–H and O–H groups in total. The number of aromatic nitrogens is 4. The van der Waals surface area contributed by atoms with Gasteiger partial charge in [-0.1, -0.05) is 12.1 Å². The Morgan fingerprint density at radius 2 is 1.79 bits per heavy atom. The number of benzene rings is 1. The number of alkyl halides is 3. The molecule has 0 bridgehead atoms. The van der Waals surface area contributed by atoms with Crippen LogP contribution < -0.4 is 15.4 Å². The minimum absolute atomic E-state index is 0.235. The van der Waals surface area contributed by atoms with Crippen molar-refractivity contribution in [1.29, 1.82) is 0 Å². The van der Waals surface area contributed by atoms with E-state index in [4.69, 9.17) is 9.97 Å². The number of aliphatic hydroxyl groups excluding tert-OH is 2. The van der Waals surface area contributed by atoms with Crippen LogP contribution in [0.3, 0.4) is 0 Å². The molecule has 1 aliphatic rings. The maximum atomic E-state index is 12.6. The number of halogens is 3. The molecule has 1 saturated carbocycles. The van der Waals surface area contributed by atoms with Gasteiger partial charge in [0.05, 0.1) is 39.8 Å². The lowest BCUT2D eigenvalue weighted by Crippen LogP contribution is -2.48. The number of pyridine rings is 1. The van der Waals surface area contributed by atoms with Gasteiger partial charge < -0.3 is 30.7 Å². The Hall–Kier alpha value is -3.59. The number of thiazole rings is 1. The average Bonchev–Trinajstić information content (AvgIpc) is 3.42. The Morgan fingerprint density at radius 3 is 2.42 bits per heavy atom. The molecule has 1 fully saturated rings. The van der Waals surface area contributed by atoms with E-state index in [2.05, 4.69) is 25.3 Å².